The second-order valence-corrected chi connectivity index (χ2v) is 4.64. The molecule has 0 aliphatic carbocycles. The maximum Gasteiger partial charge on any atom is 0.507 e. The monoisotopic (exact) mass is 328 g/mol. The zero-order chi connectivity index (χ0) is 16.7. The summed E-state index contributed by atoms with van der Waals surface area (Å²) in [4.78, 5) is 10.5. The van der Waals surface area contributed by atoms with Crippen LogP contribution < -0.4 is 14.2 Å². The first kappa shape index (κ1) is 15.1. The summed E-state index contributed by atoms with van der Waals surface area (Å²) >= 11 is 0. The Bertz CT molecular complexity index is 744. The van der Waals surface area contributed by atoms with E-state index >= 15 is 0 Å². The quantitative estimate of drug-likeness (QED) is 0.624. The van der Waals surface area contributed by atoms with Gasteiger partial charge in [-0.3, -0.25) is 4.79 Å². The van der Waals surface area contributed by atoms with Gasteiger partial charge in [0.15, 0.2) is 11.5 Å². The Morgan fingerprint density at radius 2 is 1.39 bits per heavy atom. The van der Waals surface area contributed by atoms with Crippen molar-refractivity contribution in [3.8, 4) is 23.0 Å². The van der Waals surface area contributed by atoms with Crippen molar-refractivity contribution < 1.29 is 36.6 Å². The van der Waals surface area contributed by atoms with E-state index in [1.807, 2.05) is 0 Å². The van der Waals surface area contributed by atoms with Crippen molar-refractivity contribution in [3.63, 3.8) is 0 Å². The molecule has 0 amide bonds. The third-order valence-corrected chi connectivity index (χ3v) is 2.98. The van der Waals surface area contributed by atoms with Crippen LogP contribution in [0.15, 0.2) is 42.5 Å². The Labute approximate surface area is 127 Å². The molecule has 120 valence electrons. The van der Waals surface area contributed by atoms with Gasteiger partial charge in [-0.1, -0.05) is 0 Å². The van der Waals surface area contributed by atoms with E-state index in [0.29, 0.717) is 17.6 Å². The average Bonchev–Trinajstić information content (AvgIpc) is 2.49. The largest absolute Gasteiger partial charge is 0.507 e. The fourth-order valence-electron chi connectivity index (χ4n) is 1.86. The summed E-state index contributed by atoms with van der Waals surface area (Å²) in [7, 11) is 0. The number of ether oxygens (including phenoxy) is 3. The molecular weight excluding hydrogens is 320 g/mol. The minimum absolute atomic E-state index is 0.0761. The van der Waals surface area contributed by atoms with Crippen LogP contribution in [-0.4, -0.2) is 18.5 Å². The van der Waals surface area contributed by atoms with Crippen LogP contribution in [0, 0.1) is 0 Å². The minimum Gasteiger partial charge on any atom is -0.457 e. The Hall–Kier alpha value is -2.77. The van der Waals surface area contributed by atoms with Gasteiger partial charge in [-0.05, 0) is 36.4 Å². The molecule has 3 rings (SSSR count). The third kappa shape index (κ3) is 2.79. The summed E-state index contributed by atoms with van der Waals surface area (Å²) in [5, 5.41) is 0. The highest BCUT2D eigenvalue weighted by atomic mass is 19.3. The Morgan fingerprint density at radius 1 is 0.826 bits per heavy atom. The van der Waals surface area contributed by atoms with Gasteiger partial charge in [-0.25, -0.2) is 0 Å². The first-order valence-corrected chi connectivity index (χ1v) is 6.31. The van der Waals surface area contributed by atoms with Gasteiger partial charge >= 0.3 is 12.2 Å². The highest BCUT2D eigenvalue weighted by Gasteiger charge is 2.65. The first-order chi connectivity index (χ1) is 10.8. The number of rotatable bonds is 3. The van der Waals surface area contributed by atoms with Crippen LogP contribution >= 0.6 is 0 Å². The highest BCUT2D eigenvalue weighted by molar-refractivity contribution is 5.74. The van der Waals surface area contributed by atoms with Crippen molar-refractivity contribution in [2.45, 2.75) is 12.2 Å². The van der Waals surface area contributed by atoms with Crippen LogP contribution in [0.4, 0.5) is 17.6 Å². The molecule has 0 fully saturated rings. The predicted molar refractivity (Wildman–Crippen MR) is 69.5 cm³/mol. The molecule has 0 saturated carbocycles. The molecule has 1 aliphatic heterocycles. The number of carbonyl (C=O) groups is 1. The summed E-state index contributed by atoms with van der Waals surface area (Å²) < 4.78 is 65.7. The Morgan fingerprint density at radius 3 is 2.00 bits per heavy atom. The molecule has 2 aromatic rings. The lowest BCUT2D eigenvalue weighted by Crippen LogP contribution is -2.52. The van der Waals surface area contributed by atoms with Gasteiger partial charge < -0.3 is 14.2 Å². The fraction of sp³-hybridized carbons (Fsp3) is 0.133. The normalized spacial score (nSPS) is 17.4. The average molecular weight is 328 g/mol. The molecule has 0 saturated heterocycles. The number of benzene rings is 2. The number of carbonyl (C=O) groups excluding carboxylic acids is 1. The van der Waals surface area contributed by atoms with Crippen molar-refractivity contribution in [2.75, 3.05) is 0 Å². The predicted octanol–water partition coefficient (Wildman–Crippen LogP) is 4.25. The first-order valence-electron chi connectivity index (χ1n) is 6.31. The standard InChI is InChI=1S/C15H8F4O4/c16-14(17)15(18,19)23-13-7-11(5-6-12(13)22-14)21-10-3-1-9(8-20)2-4-10/h1-8H. The summed E-state index contributed by atoms with van der Waals surface area (Å²) in [5.41, 5.74) is 0.432. The number of hydrogen-bond donors (Lipinski definition) is 0. The molecule has 0 aromatic heterocycles. The van der Waals surface area contributed by atoms with Gasteiger partial charge in [0.2, 0.25) is 0 Å². The van der Waals surface area contributed by atoms with Crippen LogP contribution in [-0.2, 0) is 0 Å². The molecule has 0 N–H and O–H groups in total. The van der Waals surface area contributed by atoms with E-state index in [9.17, 15) is 22.4 Å². The van der Waals surface area contributed by atoms with Crippen molar-refractivity contribution in [1.29, 1.82) is 0 Å². The zero-order valence-electron chi connectivity index (χ0n) is 11.3. The molecule has 8 heteroatoms. The maximum atomic E-state index is 13.1. The number of alkyl halides is 4. The molecular formula is C15H8F4O4. The highest BCUT2D eigenvalue weighted by Crippen LogP contribution is 2.48. The van der Waals surface area contributed by atoms with Crippen molar-refractivity contribution >= 4 is 6.29 Å². The Balaban J connectivity index is 1.85. The van der Waals surface area contributed by atoms with Crippen molar-refractivity contribution in [2.24, 2.45) is 0 Å². The van der Waals surface area contributed by atoms with Gasteiger partial charge in [-0.2, -0.15) is 17.6 Å². The van der Waals surface area contributed by atoms with Crippen LogP contribution in [0.3, 0.4) is 0 Å². The molecule has 0 atom stereocenters. The molecule has 0 radical (unpaired) electrons. The lowest BCUT2D eigenvalue weighted by molar-refractivity contribution is -0.391. The maximum absolute atomic E-state index is 13.1. The minimum atomic E-state index is -4.79. The summed E-state index contributed by atoms with van der Waals surface area (Å²) in [5.74, 6) is -0.691. The van der Waals surface area contributed by atoms with Gasteiger partial charge in [0.1, 0.15) is 17.8 Å². The fourth-order valence-corrected chi connectivity index (χ4v) is 1.86. The number of halogens is 4. The number of hydrogen-bond acceptors (Lipinski definition) is 4. The summed E-state index contributed by atoms with van der Waals surface area (Å²) in [6.07, 6.45) is -8.90. The van der Waals surface area contributed by atoms with E-state index in [0.717, 1.165) is 12.1 Å². The van der Waals surface area contributed by atoms with Crippen molar-refractivity contribution in [1.82, 2.24) is 0 Å². The van der Waals surface area contributed by atoms with E-state index in [1.54, 1.807) is 0 Å². The van der Waals surface area contributed by atoms with E-state index in [2.05, 4.69) is 9.47 Å². The number of aldehydes is 1. The summed E-state index contributed by atoms with van der Waals surface area (Å²) in [6, 6.07) is 9.27. The Kier molecular flexibility index (Phi) is 3.39. The SMILES string of the molecule is O=Cc1ccc(Oc2ccc3c(c2)OC(F)(F)C(F)(F)O3)cc1. The molecule has 4 nitrogen and oxygen atoms in total. The molecule has 0 unspecified atom stereocenters. The second kappa shape index (κ2) is 5.15. The van der Waals surface area contributed by atoms with E-state index in [4.69, 9.17) is 4.74 Å². The van der Waals surface area contributed by atoms with Crippen LogP contribution in [0.2, 0.25) is 0 Å². The van der Waals surface area contributed by atoms with Crippen molar-refractivity contribution in [3.05, 3.63) is 48.0 Å². The molecule has 0 spiro atoms. The van der Waals surface area contributed by atoms with E-state index < -0.39 is 23.7 Å². The van der Waals surface area contributed by atoms with Crippen LogP contribution in [0.5, 0.6) is 23.0 Å². The molecule has 23 heavy (non-hydrogen) atoms. The molecule has 1 aliphatic rings. The topological polar surface area (TPSA) is 44.8 Å². The summed E-state index contributed by atoms with van der Waals surface area (Å²) in [6.45, 7) is 0. The molecule has 0 bridgehead atoms. The van der Waals surface area contributed by atoms with E-state index in [-0.39, 0.29) is 5.75 Å². The van der Waals surface area contributed by atoms with Gasteiger partial charge in [0, 0.05) is 11.6 Å². The zero-order valence-corrected chi connectivity index (χ0v) is 11.3. The molecule has 2 aromatic carbocycles. The van der Waals surface area contributed by atoms with Gasteiger partial charge in [-0.15, -0.1) is 0 Å². The number of fused-ring (bicyclic) bond motifs is 1. The lowest BCUT2D eigenvalue weighted by Gasteiger charge is -2.31. The molecule has 1 heterocycles. The third-order valence-electron chi connectivity index (χ3n) is 2.98. The van der Waals surface area contributed by atoms with Gasteiger partial charge in [0.05, 0.1) is 0 Å². The lowest BCUT2D eigenvalue weighted by atomic mass is 10.2. The van der Waals surface area contributed by atoms with Crippen LogP contribution in [0.25, 0.3) is 0 Å². The van der Waals surface area contributed by atoms with Gasteiger partial charge in [0.25, 0.3) is 0 Å². The smallest absolute Gasteiger partial charge is 0.457 e. The van der Waals surface area contributed by atoms with Crippen LogP contribution in [0.1, 0.15) is 10.4 Å². The van der Waals surface area contributed by atoms with E-state index in [1.165, 1.54) is 30.3 Å². The second-order valence-electron chi connectivity index (χ2n) is 4.64.